The Morgan fingerprint density at radius 3 is 2.77 bits per heavy atom. The van der Waals surface area contributed by atoms with Crippen molar-refractivity contribution in [2.75, 3.05) is 16.8 Å². The number of rotatable bonds is 2. The third-order valence-electron chi connectivity index (χ3n) is 5.99. The molecule has 2 N–H and O–H groups in total. The van der Waals surface area contributed by atoms with Crippen LogP contribution in [0.3, 0.4) is 0 Å². The average molecular weight is 422 g/mol. The van der Waals surface area contributed by atoms with Crippen LogP contribution in [0.2, 0.25) is 0 Å². The van der Waals surface area contributed by atoms with Gasteiger partial charge in [-0.15, -0.1) is 0 Å². The van der Waals surface area contributed by atoms with E-state index in [0.29, 0.717) is 47.5 Å². The summed E-state index contributed by atoms with van der Waals surface area (Å²) < 4.78 is 13.9. The van der Waals surface area contributed by atoms with Crippen molar-refractivity contribution < 1.29 is 23.6 Å². The fraction of sp³-hybridized carbons (Fsp3) is 0.273. The molecule has 2 aromatic carbocycles. The number of hydrogen-bond acceptors (Lipinski definition) is 4. The number of carbonyl (C=O) groups excluding carboxylic acids is 4. The van der Waals surface area contributed by atoms with Gasteiger partial charge < -0.3 is 10.2 Å². The van der Waals surface area contributed by atoms with Crippen molar-refractivity contribution in [1.82, 2.24) is 10.2 Å². The van der Waals surface area contributed by atoms with Crippen LogP contribution in [0, 0.1) is 5.82 Å². The maximum atomic E-state index is 13.9. The molecule has 3 aliphatic rings. The second-order valence-electron chi connectivity index (χ2n) is 7.84. The Morgan fingerprint density at radius 2 is 1.97 bits per heavy atom. The highest BCUT2D eigenvalue weighted by atomic mass is 19.1. The predicted molar refractivity (Wildman–Crippen MR) is 109 cm³/mol. The topological polar surface area (TPSA) is 98.8 Å². The quantitative estimate of drug-likeness (QED) is 0.725. The number of piperidine rings is 1. The van der Waals surface area contributed by atoms with Crippen LogP contribution in [0.15, 0.2) is 36.4 Å². The molecular weight excluding hydrogens is 403 g/mol. The smallest absolute Gasteiger partial charge is 0.322 e. The summed E-state index contributed by atoms with van der Waals surface area (Å²) in [4.78, 5) is 52.0. The molecule has 2 aromatic rings. The Kier molecular flexibility index (Phi) is 4.46. The minimum atomic E-state index is -0.688. The molecule has 158 valence electrons. The van der Waals surface area contributed by atoms with Crippen LogP contribution in [-0.2, 0) is 22.6 Å². The number of nitrogens with zero attached hydrogens (tertiary/aromatic N) is 2. The maximum Gasteiger partial charge on any atom is 0.326 e. The Labute approximate surface area is 177 Å². The van der Waals surface area contributed by atoms with Gasteiger partial charge in [0.25, 0.3) is 5.91 Å². The normalized spacial score (nSPS) is 19.9. The Hall–Kier alpha value is -3.75. The predicted octanol–water partition coefficient (Wildman–Crippen LogP) is 2.18. The van der Waals surface area contributed by atoms with E-state index in [0.717, 1.165) is 0 Å². The number of amides is 5. The number of urea groups is 1. The minimum Gasteiger partial charge on any atom is -0.322 e. The molecule has 0 saturated carbocycles. The van der Waals surface area contributed by atoms with Gasteiger partial charge in [-0.3, -0.25) is 24.6 Å². The first-order valence-electron chi connectivity index (χ1n) is 10.1. The van der Waals surface area contributed by atoms with Crippen molar-refractivity contribution in [3.8, 4) is 0 Å². The molecule has 5 amide bonds. The molecule has 0 radical (unpaired) electrons. The Morgan fingerprint density at radius 1 is 1.13 bits per heavy atom. The summed E-state index contributed by atoms with van der Waals surface area (Å²) >= 11 is 0. The summed E-state index contributed by atoms with van der Waals surface area (Å²) in [5, 5.41) is 5.08. The minimum absolute atomic E-state index is 0.190. The number of nitrogens with one attached hydrogen (secondary N) is 2. The van der Waals surface area contributed by atoms with E-state index in [1.807, 2.05) is 0 Å². The van der Waals surface area contributed by atoms with E-state index in [2.05, 4.69) is 10.6 Å². The van der Waals surface area contributed by atoms with Gasteiger partial charge in [-0.1, -0.05) is 6.07 Å². The summed E-state index contributed by atoms with van der Waals surface area (Å²) in [6.45, 7) is 0.608. The number of hydrogen-bond donors (Lipinski definition) is 2. The van der Waals surface area contributed by atoms with Crippen LogP contribution in [0.4, 0.5) is 20.6 Å². The molecule has 5 rings (SSSR count). The lowest BCUT2D eigenvalue weighted by molar-refractivity contribution is -0.136. The lowest BCUT2D eigenvalue weighted by Crippen LogP contribution is -2.52. The van der Waals surface area contributed by atoms with E-state index in [9.17, 15) is 23.6 Å². The molecule has 31 heavy (non-hydrogen) atoms. The van der Waals surface area contributed by atoms with E-state index in [-0.39, 0.29) is 36.6 Å². The molecule has 1 unspecified atom stereocenters. The fourth-order valence-electron chi connectivity index (χ4n) is 4.45. The van der Waals surface area contributed by atoms with Gasteiger partial charge in [0.2, 0.25) is 11.8 Å². The SMILES string of the molecule is O=C1CCC(N2Cc3cc(NC(=O)N4CCc5c(F)cccc54)ccc3C2=O)C(=O)N1. The van der Waals surface area contributed by atoms with Gasteiger partial charge in [0.15, 0.2) is 0 Å². The first kappa shape index (κ1) is 19.2. The highest BCUT2D eigenvalue weighted by Crippen LogP contribution is 2.32. The highest BCUT2D eigenvalue weighted by molar-refractivity contribution is 6.06. The summed E-state index contributed by atoms with van der Waals surface area (Å²) in [5.74, 6) is -1.40. The zero-order valence-electron chi connectivity index (χ0n) is 16.5. The molecule has 1 saturated heterocycles. The van der Waals surface area contributed by atoms with Gasteiger partial charge in [-0.05, 0) is 48.7 Å². The largest absolute Gasteiger partial charge is 0.326 e. The molecule has 1 fully saturated rings. The molecule has 0 aliphatic carbocycles. The van der Waals surface area contributed by atoms with Gasteiger partial charge in [-0.2, -0.15) is 0 Å². The summed E-state index contributed by atoms with van der Waals surface area (Å²) in [6.07, 6.45) is 0.934. The van der Waals surface area contributed by atoms with Crippen LogP contribution in [0.25, 0.3) is 0 Å². The lowest BCUT2D eigenvalue weighted by Gasteiger charge is -2.29. The molecule has 3 aliphatic heterocycles. The van der Waals surface area contributed by atoms with Crippen LogP contribution >= 0.6 is 0 Å². The van der Waals surface area contributed by atoms with Gasteiger partial charge in [0.1, 0.15) is 11.9 Å². The van der Waals surface area contributed by atoms with Crippen molar-refractivity contribution in [2.45, 2.75) is 31.8 Å². The van der Waals surface area contributed by atoms with Crippen LogP contribution < -0.4 is 15.5 Å². The Balaban J connectivity index is 1.32. The van der Waals surface area contributed by atoms with Crippen molar-refractivity contribution in [1.29, 1.82) is 0 Å². The number of fused-ring (bicyclic) bond motifs is 2. The first-order chi connectivity index (χ1) is 14.9. The number of halogens is 1. The molecule has 0 spiro atoms. The molecular formula is C22H19FN4O4. The summed E-state index contributed by atoms with van der Waals surface area (Å²) in [7, 11) is 0. The monoisotopic (exact) mass is 422 g/mol. The number of anilines is 2. The zero-order valence-corrected chi connectivity index (χ0v) is 16.5. The molecule has 3 heterocycles. The van der Waals surface area contributed by atoms with Crippen LogP contribution in [0.1, 0.15) is 34.3 Å². The van der Waals surface area contributed by atoms with E-state index >= 15 is 0 Å². The second-order valence-corrected chi connectivity index (χ2v) is 7.84. The molecule has 9 heteroatoms. The second kappa shape index (κ2) is 7.19. The maximum absolute atomic E-state index is 13.9. The van der Waals surface area contributed by atoms with Gasteiger partial charge >= 0.3 is 6.03 Å². The van der Waals surface area contributed by atoms with E-state index in [1.54, 1.807) is 30.3 Å². The number of carbonyl (C=O) groups is 4. The standard InChI is InChI=1S/C22H19FN4O4/c23-16-2-1-3-17-15(16)8-9-26(17)22(31)24-13-4-5-14-12(10-13)11-27(21(14)30)18-6-7-19(28)25-20(18)29/h1-5,10,18H,6-9,11H2,(H,24,31)(H,25,28,29). The lowest BCUT2D eigenvalue weighted by atomic mass is 10.0. The van der Waals surface area contributed by atoms with Crippen LogP contribution in [-0.4, -0.2) is 41.2 Å². The van der Waals surface area contributed by atoms with Gasteiger partial charge in [-0.25, -0.2) is 9.18 Å². The summed E-state index contributed by atoms with van der Waals surface area (Å²) in [6, 6.07) is 8.56. The number of imide groups is 1. The molecule has 1 atom stereocenters. The third kappa shape index (κ3) is 3.22. The van der Waals surface area contributed by atoms with Gasteiger partial charge in [0.05, 0.1) is 5.69 Å². The van der Waals surface area contributed by atoms with E-state index in [4.69, 9.17) is 0 Å². The zero-order chi connectivity index (χ0) is 21.7. The average Bonchev–Trinajstić information content (AvgIpc) is 3.30. The molecule has 0 aromatic heterocycles. The van der Waals surface area contributed by atoms with E-state index in [1.165, 1.54) is 15.9 Å². The van der Waals surface area contributed by atoms with Crippen molar-refractivity contribution >= 4 is 35.1 Å². The summed E-state index contributed by atoms with van der Waals surface area (Å²) in [5.41, 5.74) is 2.75. The fourth-order valence-corrected chi connectivity index (χ4v) is 4.45. The highest BCUT2D eigenvalue weighted by Gasteiger charge is 2.39. The molecule has 8 nitrogen and oxygen atoms in total. The van der Waals surface area contributed by atoms with Crippen molar-refractivity contribution in [3.63, 3.8) is 0 Å². The molecule has 0 bridgehead atoms. The van der Waals surface area contributed by atoms with Gasteiger partial charge in [0, 0.05) is 36.3 Å². The number of benzene rings is 2. The third-order valence-corrected chi connectivity index (χ3v) is 5.99. The van der Waals surface area contributed by atoms with Crippen LogP contribution in [0.5, 0.6) is 0 Å². The van der Waals surface area contributed by atoms with E-state index < -0.39 is 11.9 Å². The first-order valence-corrected chi connectivity index (χ1v) is 10.1. The van der Waals surface area contributed by atoms with Crippen molar-refractivity contribution in [2.24, 2.45) is 0 Å². The Bertz CT molecular complexity index is 1150. The van der Waals surface area contributed by atoms with Crippen molar-refractivity contribution in [3.05, 3.63) is 58.9 Å².